The molecule has 1 unspecified atom stereocenters. The fraction of sp³-hybridized carbons (Fsp3) is 0.462. The first-order chi connectivity index (χ1) is 8.99. The van der Waals surface area contributed by atoms with Gasteiger partial charge in [-0.15, -0.1) is 0 Å². The van der Waals surface area contributed by atoms with Crippen LogP contribution in [0.15, 0.2) is 23.2 Å². The third-order valence-electron chi connectivity index (χ3n) is 3.20. The summed E-state index contributed by atoms with van der Waals surface area (Å²) in [6.45, 7) is 1.76. The molecule has 19 heavy (non-hydrogen) atoms. The molecular weight excluding hydrogens is 250 g/mol. The molecule has 0 aromatic heterocycles. The third-order valence-corrected chi connectivity index (χ3v) is 3.20. The largest absolute Gasteiger partial charge is 0.370 e. The first kappa shape index (κ1) is 13.7. The molecule has 1 aromatic carbocycles. The first-order valence-electron chi connectivity index (χ1n) is 6.15. The molecule has 2 N–H and O–H groups in total. The van der Waals surface area contributed by atoms with Crippen LogP contribution in [0.25, 0.3) is 0 Å². The highest BCUT2D eigenvalue weighted by Crippen LogP contribution is 2.27. The molecule has 0 amide bonds. The van der Waals surface area contributed by atoms with E-state index in [4.69, 9.17) is 5.73 Å². The van der Waals surface area contributed by atoms with Crippen LogP contribution in [0.2, 0.25) is 0 Å². The Balaban J connectivity index is 2.21. The zero-order chi connectivity index (χ0) is 14.0. The quantitative estimate of drug-likeness (QED) is 0.892. The average molecular weight is 268 g/mol. The summed E-state index contributed by atoms with van der Waals surface area (Å²) in [6.07, 6.45) is 0. The molecule has 0 aliphatic carbocycles. The van der Waals surface area contributed by atoms with Crippen molar-refractivity contribution in [3.8, 4) is 0 Å². The van der Waals surface area contributed by atoms with Crippen LogP contribution in [0.4, 0.5) is 8.78 Å². The van der Waals surface area contributed by atoms with Crippen LogP contribution in [0.5, 0.6) is 0 Å². The van der Waals surface area contributed by atoms with Crippen molar-refractivity contribution in [2.24, 2.45) is 10.7 Å². The second kappa shape index (κ2) is 5.52. The summed E-state index contributed by atoms with van der Waals surface area (Å²) in [6, 6.07) is 3.15. The lowest BCUT2D eigenvalue weighted by atomic mass is 10.1. The van der Waals surface area contributed by atoms with E-state index in [2.05, 4.69) is 4.99 Å². The molecule has 0 fully saturated rings. The summed E-state index contributed by atoms with van der Waals surface area (Å²) in [5.74, 6) is -0.490. The van der Waals surface area contributed by atoms with Crippen LogP contribution in [-0.4, -0.2) is 49.5 Å². The molecule has 2 rings (SSSR count). The topological polar surface area (TPSA) is 44.9 Å². The Labute approximate surface area is 111 Å². The zero-order valence-electron chi connectivity index (χ0n) is 11.1. The number of nitrogens with zero attached hydrogens (tertiary/aromatic N) is 3. The van der Waals surface area contributed by atoms with E-state index in [-0.39, 0.29) is 6.04 Å². The normalized spacial score (nSPS) is 19.1. The van der Waals surface area contributed by atoms with Gasteiger partial charge in [0.05, 0.1) is 12.6 Å². The number of benzene rings is 1. The van der Waals surface area contributed by atoms with E-state index < -0.39 is 11.6 Å². The van der Waals surface area contributed by atoms with E-state index in [1.807, 2.05) is 23.9 Å². The number of nitrogens with two attached hydrogens (primary N) is 1. The maximum Gasteiger partial charge on any atom is 0.191 e. The molecule has 1 aliphatic rings. The van der Waals surface area contributed by atoms with Crippen LogP contribution >= 0.6 is 0 Å². The Morgan fingerprint density at radius 3 is 2.84 bits per heavy atom. The number of hydrogen-bond acceptors (Lipinski definition) is 4. The average Bonchev–Trinajstić information content (AvgIpc) is 2.71. The Bertz CT molecular complexity index is 488. The summed E-state index contributed by atoms with van der Waals surface area (Å²) < 4.78 is 27.1. The molecule has 0 saturated heterocycles. The van der Waals surface area contributed by atoms with Gasteiger partial charge in [-0.3, -0.25) is 4.99 Å². The van der Waals surface area contributed by atoms with E-state index >= 15 is 0 Å². The SMILES string of the molecule is CN(C)CCN1C(N)=NCC1c1cc(F)ccc1F. The van der Waals surface area contributed by atoms with E-state index in [0.29, 0.717) is 24.6 Å². The fourth-order valence-electron chi connectivity index (χ4n) is 2.14. The van der Waals surface area contributed by atoms with E-state index in [9.17, 15) is 8.78 Å². The Hall–Kier alpha value is -1.69. The van der Waals surface area contributed by atoms with Crippen LogP contribution in [0.1, 0.15) is 11.6 Å². The molecule has 1 aromatic rings. The van der Waals surface area contributed by atoms with Gasteiger partial charge in [0.2, 0.25) is 0 Å². The summed E-state index contributed by atoms with van der Waals surface area (Å²) in [5.41, 5.74) is 6.13. The third kappa shape index (κ3) is 3.01. The van der Waals surface area contributed by atoms with Crippen molar-refractivity contribution < 1.29 is 8.78 Å². The fourth-order valence-corrected chi connectivity index (χ4v) is 2.14. The second-order valence-electron chi connectivity index (χ2n) is 4.88. The molecule has 0 saturated carbocycles. The van der Waals surface area contributed by atoms with E-state index in [1.165, 1.54) is 6.07 Å². The van der Waals surface area contributed by atoms with Crippen molar-refractivity contribution in [2.75, 3.05) is 33.7 Å². The highest BCUT2D eigenvalue weighted by atomic mass is 19.1. The van der Waals surface area contributed by atoms with Gasteiger partial charge in [-0.25, -0.2) is 8.78 Å². The number of halogens is 2. The van der Waals surface area contributed by atoms with Gasteiger partial charge in [-0.2, -0.15) is 0 Å². The van der Waals surface area contributed by atoms with Crippen molar-refractivity contribution in [2.45, 2.75) is 6.04 Å². The number of aliphatic imine (C=N–C) groups is 1. The summed E-state index contributed by atoms with van der Waals surface area (Å²) in [5, 5.41) is 0. The predicted octanol–water partition coefficient (Wildman–Crippen LogP) is 1.20. The van der Waals surface area contributed by atoms with E-state index in [0.717, 1.165) is 18.7 Å². The summed E-state index contributed by atoms with van der Waals surface area (Å²) in [4.78, 5) is 7.96. The highest BCUT2D eigenvalue weighted by molar-refractivity contribution is 5.80. The van der Waals surface area contributed by atoms with Gasteiger partial charge in [0, 0.05) is 18.7 Å². The molecule has 1 aliphatic heterocycles. The van der Waals surface area contributed by atoms with Gasteiger partial charge in [-0.1, -0.05) is 0 Å². The van der Waals surface area contributed by atoms with Crippen molar-refractivity contribution in [1.29, 1.82) is 0 Å². The smallest absolute Gasteiger partial charge is 0.191 e. The van der Waals surface area contributed by atoms with Gasteiger partial charge < -0.3 is 15.5 Å². The number of hydrogen-bond donors (Lipinski definition) is 1. The lowest BCUT2D eigenvalue weighted by Crippen LogP contribution is -2.40. The highest BCUT2D eigenvalue weighted by Gasteiger charge is 2.29. The Kier molecular flexibility index (Phi) is 3.99. The van der Waals surface area contributed by atoms with Crippen molar-refractivity contribution >= 4 is 5.96 Å². The van der Waals surface area contributed by atoms with Gasteiger partial charge in [0.1, 0.15) is 11.6 Å². The summed E-state index contributed by atoms with van der Waals surface area (Å²) >= 11 is 0. The number of rotatable bonds is 4. The molecule has 0 bridgehead atoms. The van der Waals surface area contributed by atoms with Crippen LogP contribution in [-0.2, 0) is 0 Å². The zero-order valence-corrected chi connectivity index (χ0v) is 11.1. The molecular formula is C13H18F2N4. The molecule has 1 atom stereocenters. The maximum absolute atomic E-state index is 13.8. The van der Waals surface area contributed by atoms with E-state index in [1.54, 1.807) is 0 Å². The first-order valence-corrected chi connectivity index (χ1v) is 6.15. The molecule has 104 valence electrons. The van der Waals surface area contributed by atoms with Crippen molar-refractivity contribution in [3.63, 3.8) is 0 Å². The predicted molar refractivity (Wildman–Crippen MR) is 70.8 cm³/mol. The lowest BCUT2D eigenvalue weighted by Gasteiger charge is -2.28. The number of likely N-dealkylation sites (N-methyl/N-ethyl adjacent to an activating group) is 1. The lowest BCUT2D eigenvalue weighted by molar-refractivity contribution is 0.288. The molecule has 4 nitrogen and oxygen atoms in total. The molecule has 6 heteroatoms. The van der Waals surface area contributed by atoms with Crippen LogP contribution in [0.3, 0.4) is 0 Å². The summed E-state index contributed by atoms with van der Waals surface area (Å²) in [7, 11) is 3.89. The second-order valence-corrected chi connectivity index (χ2v) is 4.88. The standard InChI is InChI=1S/C13H18F2N4/c1-18(2)5-6-19-12(8-17-13(19)16)10-7-9(14)3-4-11(10)15/h3-4,7,12H,5-6,8H2,1-2H3,(H2,16,17). The maximum atomic E-state index is 13.8. The van der Waals surface area contributed by atoms with Gasteiger partial charge in [-0.05, 0) is 32.3 Å². The van der Waals surface area contributed by atoms with Gasteiger partial charge >= 0.3 is 0 Å². The molecule has 1 heterocycles. The monoisotopic (exact) mass is 268 g/mol. The van der Waals surface area contributed by atoms with Gasteiger partial charge in [0.15, 0.2) is 5.96 Å². The Morgan fingerprint density at radius 2 is 2.16 bits per heavy atom. The minimum Gasteiger partial charge on any atom is -0.370 e. The van der Waals surface area contributed by atoms with Crippen LogP contribution < -0.4 is 5.73 Å². The van der Waals surface area contributed by atoms with Gasteiger partial charge in [0.25, 0.3) is 0 Å². The molecule has 0 spiro atoms. The van der Waals surface area contributed by atoms with Crippen molar-refractivity contribution in [3.05, 3.63) is 35.4 Å². The molecule has 0 radical (unpaired) electrons. The Morgan fingerprint density at radius 1 is 1.42 bits per heavy atom. The van der Waals surface area contributed by atoms with Crippen LogP contribution in [0, 0.1) is 11.6 Å². The van der Waals surface area contributed by atoms with Crippen molar-refractivity contribution in [1.82, 2.24) is 9.80 Å². The number of guanidine groups is 1. The minimum atomic E-state index is -0.450. The minimum absolute atomic E-state index is 0.308.